The van der Waals surface area contributed by atoms with E-state index in [9.17, 15) is 0 Å². The van der Waals surface area contributed by atoms with Gasteiger partial charge in [-0.05, 0) is 58.3 Å². The van der Waals surface area contributed by atoms with Crippen LogP contribution < -0.4 is 5.32 Å². The van der Waals surface area contributed by atoms with E-state index in [4.69, 9.17) is 0 Å². The molecule has 2 unspecified atom stereocenters. The lowest BCUT2D eigenvalue weighted by molar-refractivity contribution is 0.187. The van der Waals surface area contributed by atoms with Crippen LogP contribution in [0.15, 0.2) is 0 Å². The Morgan fingerprint density at radius 3 is 2.25 bits per heavy atom. The van der Waals surface area contributed by atoms with E-state index in [1.807, 2.05) is 0 Å². The summed E-state index contributed by atoms with van der Waals surface area (Å²) in [6.07, 6.45) is 2.53. The van der Waals surface area contributed by atoms with Crippen LogP contribution in [0.4, 0.5) is 0 Å². The van der Waals surface area contributed by atoms with Crippen LogP contribution in [0.2, 0.25) is 0 Å². The SMILES string of the molecule is CCCNCC(C)C(C)N(C)CCC(C)C. The molecule has 98 valence electrons. The second-order valence-electron chi connectivity index (χ2n) is 5.59. The summed E-state index contributed by atoms with van der Waals surface area (Å²) in [5, 5.41) is 3.51. The highest BCUT2D eigenvalue weighted by atomic mass is 15.1. The summed E-state index contributed by atoms with van der Waals surface area (Å²) < 4.78 is 0. The first-order chi connectivity index (χ1) is 7.49. The van der Waals surface area contributed by atoms with E-state index in [1.165, 1.54) is 19.4 Å². The molecule has 0 radical (unpaired) electrons. The molecule has 2 nitrogen and oxygen atoms in total. The molecule has 0 heterocycles. The Labute approximate surface area is 103 Å². The number of nitrogens with zero attached hydrogens (tertiary/aromatic N) is 1. The van der Waals surface area contributed by atoms with E-state index in [0.717, 1.165) is 24.9 Å². The highest BCUT2D eigenvalue weighted by Crippen LogP contribution is 2.10. The van der Waals surface area contributed by atoms with Crippen LogP contribution in [-0.4, -0.2) is 37.6 Å². The molecular weight excluding hydrogens is 196 g/mol. The van der Waals surface area contributed by atoms with Gasteiger partial charge in [0.2, 0.25) is 0 Å². The monoisotopic (exact) mass is 228 g/mol. The largest absolute Gasteiger partial charge is 0.316 e. The highest BCUT2D eigenvalue weighted by Gasteiger charge is 2.16. The molecule has 0 bridgehead atoms. The Hall–Kier alpha value is -0.0800. The molecule has 0 aromatic rings. The summed E-state index contributed by atoms with van der Waals surface area (Å²) in [7, 11) is 2.25. The lowest BCUT2D eigenvalue weighted by Crippen LogP contribution is -2.39. The van der Waals surface area contributed by atoms with Gasteiger partial charge < -0.3 is 10.2 Å². The van der Waals surface area contributed by atoms with Gasteiger partial charge in [0, 0.05) is 6.04 Å². The molecule has 0 rings (SSSR count). The fraction of sp³-hybridized carbons (Fsp3) is 1.00. The van der Waals surface area contributed by atoms with Crippen LogP contribution in [0.3, 0.4) is 0 Å². The minimum Gasteiger partial charge on any atom is -0.316 e. The van der Waals surface area contributed by atoms with Crippen molar-refractivity contribution in [1.82, 2.24) is 10.2 Å². The number of hydrogen-bond acceptors (Lipinski definition) is 2. The first-order valence-corrected chi connectivity index (χ1v) is 6.90. The molecule has 0 aliphatic rings. The third kappa shape index (κ3) is 7.24. The molecule has 2 atom stereocenters. The molecule has 0 saturated carbocycles. The Morgan fingerprint density at radius 1 is 1.12 bits per heavy atom. The summed E-state index contributed by atoms with van der Waals surface area (Å²) in [5.74, 6) is 1.53. The van der Waals surface area contributed by atoms with Crippen molar-refractivity contribution in [1.29, 1.82) is 0 Å². The molecule has 0 aliphatic carbocycles. The van der Waals surface area contributed by atoms with Crippen LogP contribution in [0, 0.1) is 11.8 Å². The molecule has 0 spiro atoms. The molecule has 0 aromatic heterocycles. The third-order valence-corrected chi connectivity index (χ3v) is 3.47. The van der Waals surface area contributed by atoms with Crippen molar-refractivity contribution in [2.75, 3.05) is 26.7 Å². The molecule has 16 heavy (non-hydrogen) atoms. The maximum Gasteiger partial charge on any atom is 0.0102 e. The maximum absolute atomic E-state index is 3.51. The van der Waals surface area contributed by atoms with Gasteiger partial charge in [0.1, 0.15) is 0 Å². The van der Waals surface area contributed by atoms with E-state index in [1.54, 1.807) is 0 Å². The van der Waals surface area contributed by atoms with Gasteiger partial charge >= 0.3 is 0 Å². The first-order valence-electron chi connectivity index (χ1n) is 6.90. The van der Waals surface area contributed by atoms with Crippen molar-refractivity contribution < 1.29 is 0 Å². The zero-order valence-electron chi connectivity index (χ0n) is 12.2. The Morgan fingerprint density at radius 2 is 1.75 bits per heavy atom. The second-order valence-corrected chi connectivity index (χ2v) is 5.59. The van der Waals surface area contributed by atoms with E-state index >= 15 is 0 Å². The Balaban J connectivity index is 3.77. The minimum absolute atomic E-state index is 0.670. The van der Waals surface area contributed by atoms with Gasteiger partial charge in [-0.2, -0.15) is 0 Å². The average molecular weight is 228 g/mol. The molecule has 2 heteroatoms. The molecule has 0 saturated heterocycles. The van der Waals surface area contributed by atoms with Crippen LogP contribution in [-0.2, 0) is 0 Å². The summed E-state index contributed by atoms with van der Waals surface area (Å²) in [4.78, 5) is 2.50. The van der Waals surface area contributed by atoms with Gasteiger partial charge in [-0.15, -0.1) is 0 Å². The molecule has 0 fully saturated rings. The number of hydrogen-bond donors (Lipinski definition) is 1. The lowest BCUT2D eigenvalue weighted by atomic mass is 10.0. The van der Waals surface area contributed by atoms with Gasteiger partial charge in [0.05, 0.1) is 0 Å². The Kier molecular flexibility index (Phi) is 8.96. The van der Waals surface area contributed by atoms with Crippen molar-refractivity contribution in [2.24, 2.45) is 11.8 Å². The smallest absolute Gasteiger partial charge is 0.0102 e. The van der Waals surface area contributed by atoms with Gasteiger partial charge in [0.15, 0.2) is 0 Å². The van der Waals surface area contributed by atoms with Crippen molar-refractivity contribution in [3.05, 3.63) is 0 Å². The van der Waals surface area contributed by atoms with Crippen molar-refractivity contribution in [2.45, 2.75) is 53.5 Å². The van der Waals surface area contributed by atoms with E-state index in [-0.39, 0.29) is 0 Å². The third-order valence-electron chi connectivity index (χ3n) is 3.47. The maximum atomic E-state index is 3.51. The van der Waals surface area contributed by atoms with E-state index < -0.39 is 0 Å². The summed E-state index contributed by atoms with van der Waals surface area (Å²) in [5.41, 5.74) is 0. The zero-order valence-corrected chi connectivity index (χ0v) is 12.2. The molecule has 1 N–H and O–H groups in total. The zero-order chi connectivity index (χ0) is 12.6. The van der Waals surface area contributed by atoms with Crippen molar-refractivity contribution in [3.63, 3.8) is 0 Å². The molecule has 0 aromatic carbocycles. The van der Waals surface area contributed by atoms with Gasteiger partial charge in [0.25, 0.3) is 0 Å². The molecule has 0 amide bonds. The van der Waals surface area contributed by atoms with Crippen LogP contribution in [0.25, 0.3) is 0 Å². The Bertz CT molecular complexity index is 157. The number of rotatable bonds is 9. The van der Waals surface area contributed by atoms with E-state index in [2.05, 4.69) is 51.9 Å². The van der Waals surface area contributed by atoms with Crippen molar-refractivity contribution >= 4 is 0 Å². The molecule has 0 aliphatic heterocycles. The van der Waals surface area contributed by atoms with Gasteiger partial charge in [-0.3, -0.25) is 0 Å². The van der Waals surface area contributed by atoms with Gasteiger partial charge in [-0.1, -0.05) is 27.7 Å². The van der Waals surface area contributed by atoms with Crippen LogP contribution >= 0.6 is 0 Å². The van der Waals surface area contributed by atoms with E-state index in [0.29, 0.717) is 6.04 Å². The predicted octanol–water partition coefficient (Wildman–Crippen LogP) is 2.99. The fourth-order valence-electron chi connectivity index (χ4n) is 1.78. The summed E-state index contributed by atoms with van der Waals surface area (Å²) in [6.45, 7) is 15.0. The highest BCUT2D eigenvalue weighted by molar-refractivity contribution is 4.72. The first kappa shape index (κ1) is 15.9. The van der Waals surface area contributed by atoms with Crippen molar-refractivity contribution in [3.8, 4) is 0 Å². The predicted molar refractivity (Wildman–Crippen MR) is 73.9 cm³/mol. The minimum atomic E-state index is 0.670. The number of nitrogens with one attached hydrogen (secondary N) is 1. The van der Waals surface area contributed by atoms with Crippen LogP contribution in [0.1, 0.15) is 47.5 Å². The normalized spacial score (nSPS) is 15.8. The second kappa shape index (κ2) is 9.00. The molecular formula is C14H32N2. The average Bonchev–Trinajstić information content (AvgIpc) is 2.24. The summed E-state index contributed by atoms with van der Waals surface area (Å²) >= 11 is 0. The van der Waals surface area contributed by atoms with Crippen LogP contribution in [0.5, 0.6) is 0 Å². The lowest BCUT2D eigenvalue weighted by Gasteiger charge is -2.30. The van der Waals surface area contributed by atoms with Gasteiger partial charge in [-0.25, -0.2) is 0 Å². The topological polar surface area (TPSA) is 15.3 Å². The fourth-order valence-corrected chi connectivity index (χ4v) is 1.78. The quantitative estimate of drug-likeness (QED) is 0.610. The standard InChI is InChI=1S/C14H32N2/c1-7-9-15-11-13(4)14(5)16(6)10-8-12(2)3/h12-15H,7-11H2,1-6H3. The summed E-state index contributed by atoms with van der Waals surface area (Å²) in [6, 6.07) is 0.670.